The number of hydrogen-bond donors (Lipinski definition) is 2. The highest BCUT2D eigenvalue weighted by Gasteiger charge is 2.26. The Morgan fingerprint density at radius 1 is 1.00 bits per heavy atom. The van der Waals surface area contributed by atoms with Crippen molar-refractivity contribution in [2.75, 3.05) is 54.5 Å². The van der Waals surface area contributed by atoms with E-state index in [1.807, 2.05) is 12.1 Å². The molecule has 4 aromatic rings. The van der Waals surface area contributed by atoms with Crippen LogP contribution in [-0.2, 0) is 9.47 Å². The average molecular weight is 463 g/mol. The van der Waals surface area contributed by atoms with Gasteiger partial charge in [0, 0.05) is 26.2 Å². The minimum Gasteiger partial charge on any atom is -0.378 e. The van der Waals surface area contributed by atoms with Crippen LogP contribution in [-0.4, -0.2) is 86.5 Å². The van der Waals surface area contributed by atoms with Crippen molar-refractivity contribution in [2.24, 2.45) is 0 Å². The van der Waals surface area contributed by atoms with Crippen LogP contribution < -0.4 is 15.1 Å². The van der Waals surface area contributed by atoms with Crippen LogP contribution in [0.15, 0.2) is 24.7 Å². The van der Waals surface area contributed by atoms with Crippen molar-refractivity contribution in [3.63, 3.8) is 0 Å². The van der Waals surface area contributed by atoms with Crippen molar-refractivity contribution in [1.82, 2.24) is 34.9 Å². The number of nitrogens with one attached hydrogen (secondary N) is 2. The summed E-state index contributed by atoms with van der Waals surface area (Å²) in [5.74, 6) is 2.72. The molecule has 34 heavy (non-hydrogen) atoms. The van der Waals surface area contributed by atoms with Crippen LogP contribution in [0, 0.1) is 0 Å². The van der Waals surface area contributed by atoms with Crippen molar-refractivity contribution < 1.29 is 9.47 Å². The number of aromatic amines is 1. The number of nitrogens with zero attached hydrogens (tertiary/aromatic N) is 8. The van der Waals surface area contributed by atoms with Crippen molar-refractivity contribution in [1.29, 1.82) is 0 Å². The maximum atomic E-state index is 5.91. The van der Waals surface area contributed by atoms with Crippen LogP contribution >= 0.6 is 0 Å². The largest absolute Gasteiger partial charge is 0.378 e. The quantitative estimate of drug-likeness (QED) is 0.461. The highest BCUT2D eigenvalue weighted by atomic mass is 16.5. The molecule has 2 fully saturated rings. The lowest BCUT2D eigenvalue weighted by atomic mass is 10.2. The predicted octanol–water partition coefficient (Wildman–Crippen LogP) is 1.88. The first-order chi connectivity index (χ1) is 16.6. The van der Waals surface area contributed by atoms with Crippen molar-refractivity contribution in [3.8, 4) is 0 Å². The number of morpholine rings is 2. The van der Waals surface area contributed by atoms with E-state index in [1.165, 1.54) is 6.33 Å². The molecule has 2 N–H and O–H groups in total. The lowest BCUT2D eigenvalue weighted by Gasteiger charge is -2.36. The van der Waals surface area contributed by atoms with Gasteiger partial charge >= 0.3 is 0 Å². The summed E-state index contributed by atoms with van der Waals surface area (Å²) in [5.41, 5.74) is 1.97. The lowest BCUT2D eigenvalue weighted by molar-refractivity contribution is -0.00570. The minimum absolute atomic E-state index is 0.104. The maximum Gasteiger partial charge on any atom is 0.229 e. The lowest BCUT2D eigenvalue weighted by Crippen LogP contribution is -2.46. The number of ether oxygens (including phenoxy) is 2. The molecule has 0 spiro atoms. The third-order valence-corrected chi connectivity index (χ3v) is 5.95. The highest BCUT2D eigenvalue weighted by molar-refractivity contribution is 5.89. The van der Waals surface area contributed by atoms with Gasteiger partial charge < -0.3 is 29.6 Å². The molecule has 6 heterocycles. The van der Waals surface area contributed by atoms with Gasteiger partial charge in [0.15, 0.2) is 11.3 Å². The van der Waals surface area contributed by atoms with Crippen LogP contribution in [0.4, 0.5) is 23.5 Å². The van der Waals surface area contributed by atoms with E-state index < -0.39 is 0 Å². The van der Waals surface area contributed by atoms with Crippen LogP contribution in [0.3, 0.4) is 0 Å². The third-order valence-electron chi connectivity index (χ3n) is 5.95. The van der Waals surface area contributed by atoms with E-state index >= 15 is 0 Å². The number of H-pyrrole nitrogens is 1. The summed E-state index contributed by atoms with van der Waals surface area (Å²) in [6.45, 7) is 8.52. The molecule has 2 atom stereocenters. The van der Waals surface area contributed by atoms with Gasteiger partial charge in [-0.05, 0) is 26.0 Å². The summed E-state index contributed by atoms with van der Waals surface area (Å²) in [5, 5.41) is 4.13. The fraction of sp³-hybridized carbons (Fsp3) is 0.455. The van der Waals surface area contributed by atoms with E-state index in [-0.39, 0.29) is 12.2 Å². The molecule has 2 aliphatic heterocycles. The summed E-state index contributed by atoms with van der Waals surface area (Å²) in [4.78, 5) is 34.9. The molecular formula is C22H26N10O2. The Balaban J connectivity index is 1.39. The van der Waals surface area contributed by atoms with Crippen molar-refractivity contribution >= 4 is 45.7 Å². The third kappa shape index (κ3) is 4.05. The first-order valence-corrected chi connectivity index (χ1v) is 11.5. The second kappa shape index (κ2) is 8.61. The molecule has 176 valence electrons. The van der Waals surface area contributed by atoms with Crippen molar-refractivity contribution in [2.45, 2.75) is 26.1 Å². The van der Waals surface area contributed by atoms with Gasteiger partial charge in [0.1, 0.15) is 23.5 Å². The Morgan fingerprint density at radius 2 is 1.82 bits per heavy atom. The number of fused-ring (bicyclic) bond motifs is 2. The van der Waals surface area contributed by atoms with E-state index in [0.29, 0.717) is 47.7 Å². The molecule has 0 aliphatic carbocycles. The molecule has 6 rings (SSSR count). The van der Waals surface area contributed by atoms with Gasteiger partial charge in [0.05, 0.1) is 37.0 Å². The zero-order chi connectivity index (χ0) is 23.1. The molecular weight excluding hydrogens is 436 g/mol. The van der Waals surface area contributed by atoms with Crippen LogP contribution in [0.1, 0.15) is 13.8 Å². The molecule has 2 aliphatic rings. The number of aromatic nitrogens is 7. The van der Waals surface area contributed by atoms with Crippen LogP contribution in [0.25, 0.3) is 22.2 Å². The number of imidazole rings is 1. The molecule has 0 bridgehead atoms. The highest BCUT2D eigenvalue weighted by Crippen LogP contribution is 2.29. The zero-order valence-electron chi connectivity index (χ0n) is 19.1. The summed E-state index contributed by atoms with van der Waals surface area (Å²) < 4.78 is 11.5. The topological polar surface area (TPSA) is 130 Å². The predicted molar refractivity (Wildman–Crippen MR) is 128 cm³/mol. The van der Waals surface area contributed by atoms with E-state index in [2.05, 4.69) is 48.9 Å². The Labute approximate surface area is 195 Å². The van der Waals surface area contributed by atoms with Gasteiger partial charge in [0.25, 0.3) is 0 Å². The Bertz CT molecular complexity index is 1280. The normalized spacial score (nSPS) is 21.4. The van der Waals surface area contributed by atoms with Gasteiger partial charge in [-0.1, -0.05) is 0 Å². The fourth-order valence-corrected chi connectivity index (χ4v) is 4.49. The first-order valence-electron chi connectivity index (χ1n) is 11.5. The smallest absolute Gasteiger partial charge is 0.229 e. The van der Waals surface area contributed by atoms with Crippen molar-refractivity contribution in [3.05, 3.63) is 24.7 Å². The number of rotatable bonds is 4. The summed E-state index contributed by atoms with van der Waals surface area (Å²) in [7, 11) is 0. The zero-order valence-corrected chi connectivity index (χ0v) is 19.1. The molecule has 0 amide bonds. The van der Waals surface area contributed by atoms with E-state index in [1.54, 1.807) is 6.20 Å². The molecule has 0 aromatic carbocycles. The van der Waals surface area contributed by atoms with E-state index in [4.69, 9.17) is 24.4 Å². The molecule has 0 saturated carbocycles. The van der Waals surface area contributed by atoms with Crippen LogP contribution in [0.5, 0.6) is 0 Å². The summed E-state index contributed by atoms with van der Waals surface area (Å²) in [6, 6.07) is 3.92. The molecule has 12 heteroatoms. The number of hydrogen-bond acceptors (Lipinski definition) is 11. The van der Waals surface area contributed by atoms with Gasteiger partial charge in [-0.2, -0.15) is 9.97 Å². The molecule has 0 radical (unpaired) electrons. The SMILES string of the molecule is CC1CN(c2nc(N3CCOCC3)c3ccc(Nc4nc5cncnc5[nH]4)nc3n2)CC(C)O1. The summed E-state index contributed by atoms with van der Waals surface area (Å²) >= 11 is 0. The fourth-order valence-electron chi connectivity index (χ4n) is 4.49. The van der Waals surface area contributed by atoms with Gasteiger partial charge in [-0.15, -0.1) is 0 Å². The molecule has 12 nitrogen and oxygen atoms in total. The average Bonchev–Trinajstić information content (AvgIpc) is 3.25. The monoisotopic (exact) mass is 462 g/mol. The maximum absolute atomic E-state index is 5.91. The Hall–Kier alpha value is -3.64. The standard InChI is InChI=1S/C22H26N10O2/c1-13-10-32(11-14(2)34-13)22-29-18-15(20(30-22)31-5-7-33-8-6-31)3-4-17(26-18)27-21-25-16-9-23-12-24-19(16)28-21/h3-4,9,12-14H,5-8,10-11H2,1-2H3,(H2,23,24,25,26,27,28,29,30). The van der Waals surface area contributed by atoms with Gasteiger partial charge in [0.2, 0.25) is 11.9 Å². The second-order valence-corrected chi connectivity index (χ2v) is 8.64. The minimum atomic E-state index is 0.104. The molecule has 4 aromatic heterocycles. The second-order valence-electron chi connectivity index (χ2n) is 8.64. The number of pyridine rings is 1. The summed E-state index contributed by atoms with van der Waals surface area (Å²) in [6.07, 6.45) is 3.35. The molecule has 2 saturated heterocycles. The van der Waals surface area contributed by atoms with Gasteiger partial charge in [-0.3, -0.25) is 0 Å². The first kappa shape index (κ1) is 20.9. The van der Waals surface area contributed by atoms with E-state index in [0.717, 1.165) is 37.4 Å². The van der Waals surface area contributed by atoms with Crippen LogP contribution in [0.2, 0.25) is 0 Å². The number of anilines is 4. The Kier molecular flexibility index (Phi) is 5.30. The van der Waals surface area contributed by atoms with E-state index in [9.17, 15) is 0 Å². The molecule has 2 unspecified atom stereocenters. The Morgan fingerprint density at radius 3 is 2.62 bits per heavy atom. The van der Waals surface area contributed by atoms with Gasteiger partial charge in [-0.25, -0.2) is 19.9 Å².